The molecule has 0 spiro atoms. The largest absolute Gasteiger partial charge is 0.493 e. The number of carbonyl (C=O) groups excluding carboxylic acids is 1. The Morgan fingerprint density at radius 2 is 2.17 bits per heavy atom. The van der Waals surface area contributed by atoms with Gasteiger partial charge in [-0.25, -0.2) is 4.98 Å². The zero-order valence-electron chi connectivity index (χ0n) is 13.6. The fraction of sp³-hybridized carbons (Fsp3) is 0.368. The second-order valence-corrected chi connectivity index (χ2v) is 6.75. The Kier molecular flexibility index (Phi) is 3.53. The Labute approximate surface area is 140 Å². The topological polar surface area (TPSA) is 62.7 Å². The fourth-order valence-corrected chi connectivity index (χ4v) is 3.85. The zero-order chi connectivity index (χ0) is 16.7. The van der Waals surface area contributed by atoms with Gasteiger partial charge in [0.25, 0.3) is 5.91 Å². The van der Waals surface area contributed by atoms with Crippen molar-refractivity contribution in [1.29, 1.82) is 0 Å². The lowest BCUT2D eigenvalue weighted by Gasteiger charge is -2.37. The molecule has 2 aliphatic rings. The summed E-state index contributed by atoms with van der Waals surface area (Å²) in [7, 11) is 0. The first kappa shape index (κ1) is 15.1. The number of hydrogen-bond donors (Lipinski definition) is 1. The van der Waals surface area contributed by atoms with E-state index in [1.165, 1.54) is 0 Å². The minimum Gasteiger partial charge on any atom is -0.493 e. The van der Waals surface area contributed by atoms with Gasteiger partial charge < -0.3 is 14.7 Å². The summed E-state index contributed by atoms with van der Waals surface area (Å²) in [6.45, 7) is 3.36. The molecule has 2 aliphatic heterocycles. The average molecular weight is 324 g/mol. The molecule has 1 amide bonds. The number of aryl methyl sites for hydroxylation is 1. The van der Waals surface area contributed by atoms with E-state index in [9.17, 15) is 9.90 Å². The first-order valence-corrected chi connectivity index (χ1v) is 8.18. The van der Waals surface area contributed by atoms with E-state index in [-0.39, 0.29) is 18.4 Å². The third-order valence-corrected chi connectivity index (χ3v) is 5.17. The third kappa shape index (κ3) is 2.27. The van der Waals surface area contributed by atoms with Crippen molar-refractivity contribution < 1.29 is 14.6 Å². The van der Waals surface area contributed by atoms with Gasteiger partial charge in [-0.15, -0.1) is 0 Å². The predicted octanol–water partition coefficient (Wildman–Crippen LogP) is 2.00. The van der Waals surface area contributed by atoms with E-state index in [0.717, 1.165) is 17.0 Å². The monoisotopic (exact) mass is 324 g/mol. The van der Waals surface area contributed by atoms with Gasteiger partial charge in [0, 0.05) is 24.7 Å². The highest BCUT2D eigenvalue weighted by Crippen LogP contribution is 2.49. The van der Waals surface area contributed by atoms with Crippen molar-refractivity contribution in [1.82, 2.24) is 9.88 Å². The minimum absolute atomic E-state index is 0.00295. The molecule has 3 heterocycles. The number of para-hydroxylation sites is 1. The van der Waals surface area contributed by atoms with E-state index < -0.39 is 5.41 Å². The number of likely N-dealkylation sites (tertiary alicyclic amines) is 1. The Morgan fingerprint density at radius 1 is 1.33 bits per heavy atom. The second kappa shape index (κ2) is 5.60. The van der Waals surface area contributed by atoms with Gasteiger partial charge in [-0.2, -0.15) is 0 Å². The zero-order valence-corrected chi connectivity index (χ0v) is 13.6. The van der Waals surface area contributed by atoms with Gasteiger partial charge in [-0.1, -0.05) is 24.3 Å². The number of ether oxygens (including phenoxy) is 1. The van der Waals surface area contributed by atoms with Gasteiger partial charge in [0.15, 0.2) is 0 Å². The molecule has 5 nitrogen and oxygen atoms in total. The molecule has 1 saturated heterocycles. The molecule has 0 bridgehead atoms. The van der Waals surface area contributed by atoms with Gasteiger partial charge in [-0.3, -0.25) is 4.79 Å². The van der Waals surface area contributed by atoms with Crippen LogP contribution in [0.5, 0.6) is 5.75 Å². The number of fused-ring (bicyclic) bond motifs is 3. The smallest absolute Gasteiger partial charge is 0.272 e. The van der Waals surface area contributed by atoms with Crippen molar-refractivity contribution in [2.45, 2.75) is 12.8 Å². The molecular formula is C19H20N2O3. The Morgan fingerprint density at radius 3 is 2.96 bits per heavy atom. The summed E-state index contributed by atoms with van der Waals surface area (Å²) < 4.78 is 5.87. The van der Waals surface area contributed by atoms with Crippen LogP contribution >= 0.6 is 0 Å². The maximum Gasteiger partial charge on any atom is 0.272 e. The molecule has 1 aromatic heterocycles. The van der Waals surface area contributed by atoms with Crippen LogP contribution in [0.1, 0.15) is 27.7 Å². The molecule has 1 fully saturated rings. The van der Waals surface area contributed by atoms with Crippen LogP contribution in [0.15, 0.2) is 42.5 Å². The number of rotatable bonds is 2. The summed E-state index contributed by atoms with van der Waals surface area (Å²) in [6.07, 6.45) is 0. The molecule has 0 aliphatic carbocycles. The normalized spacial score (nSPS) is 24.9. The summed E-state index contributed by atoms with van der Waals surface area (Å²) in [5.74, 6) is 0.856. The highest BCUT2D eigenvalue weighted by molar-refractivity contribution is 5.92. The summed E-state index contributed by atoms with van der Waals surface area (Å²) in [5.41, 5.74) is 1.91. The molecule has 0 radical (unpaired) electrons. The van der Waals surface area contributed by atoms with Crippen LogP contribution in [0.2, 0.25) is 0 Å². The lowest BCUT2D eigenvalue weighted by molar-refractivity contribution is 0.0439. The quantitative estimate of drug-likeness (QED) is 0.918. The Balaban J connectivity index is 1.67. The first-order valence-electron chi connectivity index (χ1n) is 8.18. The molecule has 0 saturated carbocycles. The molecule has 1 aromatic carbocycles. The van der Waals surface area contributed by atoms with Crippen LogP contribution in [0, 0.1) is 12.3 Å². The maximum atomic E-state index is 12.9. The average Bonchev–Trinajstić information content (AvgIpc) is 3.02. The number of amides is 1. The van der Waals surface area contributed by atoms with E-state index in [4.69, 9.17) is 4.74 Å². The van der Waals surface area contributed by atoms with E-state index >= 15 is 0 Å². The number of pyridine rings is 1. The van der Waals surface area contributed by atoms with Gasteiger partial charge in [0.2, 0.25) is 0 Å². The van der Waals surface area contributed by atoms with Gasteiger partial charge in [-0.05, 0) is 30.7 Å². The van der Waals surface area contributed by atoms with Crippen molar-refractivity contribution in [3.05, 3.63) is 59.4 Å². The number of nitrogens with zero attached hydrogens (tertiary/aromatic N) is 2. The van der Waals surface area contributed by atoms with Crippen molar-refractivity contribution in [2.24, 2.45) is 5.41 Å². The highest BCUT2D eigenvalue weighted by atomic mass is 16.5. The summed E-state index contributed by atoms with van der Waals surface area (Å²) in [6, 6.07) is 13.4. The standard InChI is InChI=1S/C19H20N2O3/c1-13-5-4-7-16(20-13)18(23)21-9-15-14-6-2-3-8-17(14)24-12-19(15,10-21)11-22/h2-8,15,22H,9-12H2,1H3/t15-,19-/m1/s1. The number of aromatic nitrogens is 1. The third-order valence-electron chi connectivity index (χ3n) is 5.17. The summed E-state index contributed by atoms with van der Waals surface area (Å²) in [4.78, 5) is 19.0. The molecule has 2 aromatic rings. The molecule has 0 unspecified atom stereocenters. The second-order valence-electron chi connectivity index (χ2n) is 6.75. The maximum absolute atomic E-state index is 12.9. The van der Waals surface area contributed by atoms with Gasteiger partial charge >= 0.3 is 0 Å². The van der Waals surface area contributed by atoms with E-state index in [2.05, 4.69) is 4.98 Å². The molecule has 24 heavy (non-hydrogen) atoms. The lowest BCUT2D eigenvalue weighted by Crippen LogP contribution is -2.42. The minimum atomic E-state index is -0.437. The van der Waals surface area contributed by atoms with Crippen molar-refractivity contribution in [2.75, 3.05) is 26.3 Å². The number of benzene rings is 1. The number of carbonyl (C=O) groups is 1. The van der Waals surface area contributed by atoms with E-state index in [1.807, 2.05) is 43.3 Å². The molecule has 4 rings (SSSR count). The van der Waals surface area contributed by atoms with E-state index in [0.29, 0.717) is 25.4 Å². The number of aliphatic hydroxyl groups excluding tert-OH is 1. The van der Waals surface area contributed by atoms with Crippen LogP contribution in [0.4, 0.5) is 0 Å². The van der Waals surface area contributed by atoms with Crippen molar-refractivity contribution >= 4 is 5.91 Å². The molecular weight excluding hydrogens is 304 g/mol. The predicted molar refractivity (Wildman–Crippen MR) is 89.1 cm³/mol. The molecule has 2 atom stereocenters. The SMILES string of the molecule is Cc1cccc(C(=O)N2C[C@@H]3c4ccccc4OC[C@]3(CO)C2)n1. The van der Waals surface area contributed by atoms with Crippen molar-refractivity contribution in [3.8, 4) is 5.75 Å². The number of aliphatic hydroxyl groups is 1. The molecule has 1 N–H and O–H groups in total. The first-order chi connectivity index (χ1) is 11.6. The van der Waals surface area contributed by atoms with Gasteiger partial charge in [0.05, 0.1) is 18.6 Å². The number of hydrogen-bond acceptors (Lipinski definition) is 4. The Hall–Kier alpha value is -2.40. The van der Waals surface area contributed by atoms with Crippen LogP contribution in [0.25, 0.3) is 0 Å². The Bertz CT molecular complexity index is 792. The van der Waals surface area contributed by atoms with Gasteiger partial charge in [0.1, 0.15) is 11.4 Å². The lowest BCUT2D eigenvalue weighted by atomic mass is 9.74. The highest BCUT2D eigenvalue weighted by Gasteiger charge is 2.52. The summed E-state index contributed by atoms with van der Waals surface area (Å²) >= 11 is 0. The fourth-order valence-electron chi connectivity index (χ4n) is 3.85. The van der Waals surface area contributed by atoms with Crippen LogP contribution in [0.3, 0.4) is 0 Å². The van der Waals surface area contributed by atoms with E-state index in [1.54, 1.807) is 11.0 Å². The van der Waals surface area contributed by atoms with Crippen LogP contribution < -0.4 is 4.74 Å². The molecule has 124 valence electrons. The summed E-state index contributed by atoms with van der Waals surface area (Å²) in [5, 5.41) is 10.1. The van der Waals surface area contributed by atoms with Crippen LogP contribution in [-0.2, 0) is 0 Å². The van der Waals surface area contributed by atoms with Crippen LogP contribution in [-0.4, -0.2) is 47.2 Å². The van der Waals surface area contributed by atoms with Crippen molar-refractivity contribution in [3.63, 3.8) is 0 Å². The molecule has 5 heteroatoms.